The summed E-state index contributed by atoms with van der Waals surface area (Å²) in [5, 5.41) is 12.7. The van der Waals surface area contributed by atoms with Crippen molar-refractivity contribution in [2.75, 3.05) is 37.7 Å². The average molecular weight is 879 g/mol. The van der Waals surface area contributed by atoms with E-state index in [4.69, 9.17) is 11.5 Å². The summed E-state index contributed by atoms with van der Waals surface area (Å²) in [6.45, 7) is 1.28. The lowest BCUT2D eigenvalue weighted by Gasteiger charge is -2.31. The van der Waals surface area contributed by atoms with Crippen LogP contribution in [0.1, 0.15) is 64.0 Å². The van der Waals surface area contributed by atoms with Crippen molar-refractivity contribution in [2.45, 2.75) is 107 Å². The maximum absolute atomic E-state index is 14.0. The molecule has 1 aromatic rings. The standard InChI is InChI=1S/C36H54N12O10S2/c1-19(49)42-24(17-60)32(54)44-22(13-20-14-39-18-41-20)35(57)47-11-2-5-25(47)33(55)43-21(8-9-28(37)50)31(53)40-15-29(51)46-10-4-7-27(46)36(58)48-12-3-6-26(48)34(56)45-23(16-59)30(38)52/h14,18,21-27,59-60H,2-13,15-17H2,1H3,(H2,37,50)(H2,38,52)(H,39,41)(H,40,53)(H,42,49)(H,43,55)(H,44,54)(H,45,56)/t21-,22-,23-,24-,25-,26-,27-/m0/s1. The van der Waals surface area contributed by atoms with Gasteiger partial charge in [0.1, 0.15) is 42.3 Å². The van der Waals surface area contributed by atoms with Gasteiger partial charge in [0.15, 0.2) is 0 Å². The Morgan fingerprint density at radius 1 is 0.750 bits per heavy atom. The molecule has 60 heavy (non-hydrogen) atoms. The lowest BCUT2D eigenvalue weighted by molar-refractivity contribution is -0.146. The van der Waals surface area contributed by atoms with Crippen LogP contribution in [0.5, 0.6) is 0 Å². The van der Waals surface area contributed by atoms with E-state index in [9.17, 15) is 47.9 Å². The Morgan fingerprint density at radius 3 is 1.90 bits per heavy atom. The number of carbonyl (C=O) groups is 10. The lowest BCUT2D eigenvalue weighted by atomic mass is 10.1. The Labute approximate surface area is 357 Å². The molecule has 0 aromatic carbocycles. The highest BCUT2D eigenvalue weighted by Crippen LogP contribution is 2.25. The summed E-state index contributed by atoms with van der Waals surface area (Å²) in [6, 6.07) is -7.48. The third-order valence-corrected chi connectivity index (χ3v) is 11.3. The van der Waals surface area contributed by atoms with Crippen molar-refractivity contribution in [1.82, 2.24) is 51.3 Å². The molecule has 3 fully saturated rings. The zero-order chi connectivity index (χ0) is 44.1. The summed E-state index contributed by atoms with van der Waals surface area (Å²) in [5.41, 5.74) is 11.2. The van der Waals surface area contributed by atoms with Gasteiger partial charge < -0.3 is 57.7 Å². The van der Waals surface area contributed by atoms with Gasteiger partial charge in [-0.1, -0.05) is 0 Å². The number of H-pyrrole nitrogens is 1. The number of hydrogen-bond acceptors (Lipinski definition) is 13. The number of primary amides is 2. The summed E-state index contributed by atoms with van der Waals surface area (Å²) in [5.74, 6) is -6.51. The van der Waals surface area contributed by atoms with Crippen LogP contribution in [0.2, 0.25) is 0 Å². The molecule has 10 amide bonds. The molecule has 10 N–H and O–H groups in total. The average Bonchev–Trinajstić information content (AvgIpc) is 4.06. The van der Waals surface area contributed by atoms with Crippen LogP contribution in [0.4, 0.5) is 0 Å². The minimum Gasteiger partial charge on any atom is -0.370 e. The zero-order valence-electron chi connectivity index (χ0n) is 33.2. The van der Waals surface area contributed by atoms with Gasteiger partial charge in [-0.2, -0.15) is 25.3 Å². The number of aromatic nitrogens is 2. The highest BCUT2D eigenvalue weighted by molar-refractivity contribution is 7.80. The molecule has 0 bridgehead atoms. The van der Waals surface area contributed by atoms with Crippen LogP contribution in [-0.4, -0.2) is 164 Å². The van der Waals surface area contributed by atoms with Crippen molar-refractivity contribution in [3.63, 3.8) is 0 Å². The van der Waals surface area contributed by atoms with Crippen LogP contribution in [0.15, 0.2) is 12.5 Å². The second kappa shape index (κ2) is 22.3. The second-order valence-corrected chi connectivity index (χ2v) is 15.6. The third-order valence-electron chi connectivity index (χ3n) is 10.6. The van der Waals surface area contributed by atoms with E-state index in [0.29, 0.717) is 37.8 Å². The SMILES string of the molecule is CC(=O)N[C@@H](CS)C(=O)N[C@@H](Cc1cnc[nH]1)C(=O)N1CCC[C@H]1C(=O)N[C@@H](CCC(N)=O)C(=O)NCC(=O)N1CCC[C@H]1C(=O)N1CCC[C@H]1C(=O)N[C@@H](CS)C(N)=O. The number of hydrogen-bond donors (Lipinski definition) is 10. The van der Waals surface area contributed by atoms with Crippen LogP contribution in [-0.2, 0) is 54.4 Å². The molecule has 0 radical (unpaired) electrons. The molecule has 7 atom stereocenters. The van der Waals surface area contributed by atoms with Crippen LogP contribution in [0.25, 0.3) is 0 Å². The highest BCUT2D eigenvalue weighted by atomic mass is 32.1. The summed E-state index contributed by atoms with van der Waals surface area (Å²) in [6.07, 6.45) is 4.58. The summed E-state index contributed by atoms with van der Waals surface area (Å²) >= 11 is 8.19. The Hall–Kier alpha value is -5.39. The maximum atomic E-state index is 14.0. The molecule has 22 nitrogen and oxygen atoms in total. The van der Waals surface area contributed by atoms with Gasteiger partial charge in [0.2, 0.25) is 59.1 Å². The molecule has 0 saturated carbocycles. The van der Waals surface area contributed by atoms with Crippen LogP contribution in [0.3, 0.4) is 0 Å². The number of nitrogens with one attached hydrogen (secondary N) is 6. The van der Waals surface area contributed by atoms with Gasteiger partial charge in [-0.15, -0.1) is 0 Å². The van der Waals surface area contributed by atoms with E-state index in [1.807, 2.05) is 0 Å². The first-order valence-electron chi connectivity index (χ1n) is 19.7. The Balaban J connectivity index is 1.41. The van der Waals surface area contributed by atoms with Crippen molar-refractivity contribution in [2.24, 2.45) is 11.5 Å². The quantitative estimate of drug-likeness (QED) is 0.0558. The third kappa shape index (κ3) is 12.6. The fraction of sp³-hybridized carbons (Fsp3) is 0.639. The molecule has 330 valence electrons. The van der Waals surface area contributed by atoms with Gasteiger partial charge in [-0.25, -0.2) is 4.98 Å². The Kier molecular flexibility index (Phi) is 17.6. The molecule has 3 aliphatic heterocycles. The summed E-state index contributed by atoms with van der Waals surface area (Å²) in [4.78, 5) is 141. The van der Waals surface area contributed by atoms with E-state index in [1.54, 1.807) is 0 Å². The zero-order valence-corrected chi connectivity index (χ0v) is 35.0. The molecule has 4 rings (SSSR count). The molecule has 4 heterocycles. The molecule has 24 heteroatoms. The van der Waals surface area contributed by atoms with Crippen LogP contribution in [0, 0.1) is 0 Å². The fourth-order valence-electron chi connectivity index (χ4n) is 7.53. The van der Waals surface area contributed by atoms with Crippen molar-refractivity contribution in [1.29, 1.82) is 0 Å². The minimum atomic E-state index is -1.36. The van der Waals surface area contributed by atoms with E-state index in [2.05, 4.69) is 61.8 Å². The van der Waals surface area contributed by atoms with Gasteiger partial charge in [0.05, 0.1) is 12.9 Å². The molecule has 0 aliphatic carbocycles. The largest absolute Gasteiger partial charge is 0.370 e. The lowest BCUT2D eigenvalue weighted by Crippen LogP contribution is -2.59. The van der Waals surface area contributed by atoms with Gasteiger partial charge in [-0.3, -0.25) is 47.9 Å². The van der Waals surface area contributed by atoms with E-state index < -0.39 is 108 Å². The maximum Gasteiger partial charge on any atom is 0.246 e. The molecule has 3 saturated heterocycles. The number of nitrogens with two attached hydrogens (primary N) is 2. The Bertz CT molecular complexity index is 1780. The van der Waals surface area contributed by atoms with Gasteiger partial charge in [-0.05, 0) is 44.9 Å². The Morgan fingerprint density at radius 2 is 1.33 bits per heavy atom. The summed E-state index contributed by atoms with van der Waals surface area (Å²) < 4.78 is 0. The highest BCUT2D eigenvalue weighted by Gasteiger charge is 2.43. The van der Waals surface area contributed by atoms with Crippen molar-refractivity contribution >= 4 is 84.3 Å². The number of imidazole rings is 1. The van der Waals surface area contributed by atoms with Crippen LogP contribution < -0.4 is 38.1 Å². The minimum absolute atomic E-state index is 0.0285. The van der Waals surface area contributed by atoms with E-state index >= 15 is 0 Å². The van der Waals surface area contributed by atoms with Gasteiger partial charge in [0, 0.05) is 62.8 Å². The number of carbonyl (C=O) groups excluding carboxylic acids is 10. The predicted octanol–water partition coefficient (Wildman–Crippen LogP) is -4.39. The first kappa shape index (κ1) is 47.3. The fourth-order valence-corrected chi connectivity index (χ4v) is 8.06. The van der Waals surface area contributed by atoms with E-state index in [1.165, 1.54) is 34.1 Å². The first-order chi connectivity index (χ1) is 28.6. The molecule has 0 spiro atoms. The van der Waals surface area contributed by atoms with Crippen LogP contribution >= 0.6 is 25.3 Å². The molecule has 3 aliphatic rings. The number of thiol groups is 2. The van der Waals surface area contributed by atoms with Crippen molar-refractivity contribution in [3.05, 3.63) is 18.2 Å². The number of likely N-dealkylation sites (tertiary alicyclic amines) is 3. The molecule has 1 aromatic heterocycles. The first-order valence-corrected chi connectivity index (χ1v) is 21.0. The predicted molar refractivity (Wildman–Crippen MR) is 218 cm³/mol. The number of rotatable bonds is 20. The molecular weight excluding hydrogens is 825 g/mol. The molecular formula is C36H54N12O10S2. The topological polar surface area (TPSA) is 321 Å². The number of aromatic amines is 1. The number of nitrogens with zero attached hydrogens (tertiary/aromatic N) is 4. The smallest absolute Gasteiger partial charge is 0.246 e. The van der Waals surface area contributed by atoms with E-state index in [-0.39, 0.29) is 56.8 Å². The number of amides is 10. The van der Waals surface area contributed by atoms with Crippen molar-refractivity contribution < 1.29 is 47.9 Å². The van der Waals surface area contributed by atoms with E-state index in [0.717, 1.165) is 0 Å². The van der Waals surface area contributed by atoms with Crippen molar-refractivity contribution in [3.8, 4) is 0 Å². The normalized spacial score (nSPS) is 20.6. The van der Waals surface area contributed by atoms with Gasteiger partial charge >= 0.3 is 0 Å². The molecule has 0 unspecified atom stereocenters. The van der Waals surface area contributed by atoms with Gasteiger partial charge in [0.25, 0.3) is 0 Å². The monoisotopic (exact) mass is 878 g/mol. The summed E-state index contributed by atoms with van der Waals surface area (Å²) in [7, 11) is 0. The second-order valence-electron chi connectivity index (χ2n) is 14.8.